The molecule has 3 rings (SSSR count). The Balaban J connectivity index is 2.25. The van der Waals surface area contributed by atoms with Gasteiger partial charge in [0.05, 0.1) is 7.11 Å². The third-order valence-electron chi connectivity index (χ3n) is 3.90. The zero-order valence-electron chi connectivity index (χ0n) is 13.8. The summed E-state index contributed by atoms with van der Waals surface area (Å²) >= 11 is 0. The molecule has 1 aromatic heterocycles. The van der Waals surface area contributed by atoms with E-state index in [9.17, 15) is 18.0 Å². The van der Waals surface area contributed by atoms with E-state index in [1.807, 2.05) is 6.07 Å². The van der Waals surface area contributed by atoms with Crippen LogP contribution in [0.5, 0.6) is 0 Å². The minimum Gasteiger partial charge on any atom is -0.465 e. The highest BCUT2D eigenvalue weighted by molar-refractivity contribution is 5.99. The second-order valence-corrected chi connectivity index (χ2v) is 5.62. The first-order valence-corrected chi connectivity index (χ1v) is 7.82. The van der Waals surface area contributed by atoms with Gasteiger partial charge in [-0.3, -0.25) is 0 Å². The first kappa shape index (κ1) is 17.8. The fourth-order valence-corrected chi connectivity index (χ4v) is 2.79. The van der Waals surface area contributed by atoms with Crippen LogP contribution in [0.25, 0.3) is 11.1 Å². The number of carbonyl (C=O) groups excluding carboxylic acids is 1. The van der Waals surface area contributed by atoms with E-state index in [1.165, 1.54) is 0 Å². The summed E-state index contributed by atoms with van der Waals surface area (Å²) in [6, 6.07) is 17.3. The number of rotatable bonds is 4. The van der Waals surface area contributed by atoms with E-state index in [0.29, 0.717) is 5.56 Å². The maximum atomic E-state index is 13.5. The van der Waals surface area contributed by atoms with E-state index in [4.69, 9.17) is 4.42 Å². The molecule has 0 saturated carbocycles. The molecule has 0 N–H and O–H groups in total. The lowest BCUT2D eigenvalue weighted by molar-refractivity contribution is -0.153. The zero-order valence-corrected chi connectivity index (χ0v) is 13.8. The molecule has 0 aliphatic carbocycles. The molecule has 0 unspecified atom stereocenters. The Labute approximate surface area is 148 Å². The van der Waals surface area contributed by atoms with Gasteiger partial charge < -0.3 is 9.15 Å². The van der Waals surface area contributed by atoms with Crippen LogP contribution in [0.1, 0.15) is 27.4 Å². The molecule has 0 aliphatic rings. The van der Waals surface area contributed by atoms with Crippen molar-refractivity contribution in [3.8, 4) is 11.1 Å². The minimum absolute atomic E-state index is 0.0649. The highest BCUT2D eigenvalue weighted by Gasteiger charge is 2.43. The molecule has 0 aliphatic heterocycles. The first-order chi connectivity index (χ1) is 12.4. The van der Waals surface area contributed by atoms with Crippen molar-refractivity contribution in [2.24, 2.45) is 0 Å². The summed E-state index contributed by atoms with van der Waals surface area (Å²) in [4.78, 5) is 12.2. The molecule has 134 valence electrons. The zero-order chi connectivity index (χ0) is 18.7. The molecular formula is C20H15F3O3. The number of carbonyl (C=O) groups is 1. The third-order valence-corrected chi connectivity index (χ3v) is 3.90. The summed E-state index contributed by atoms with van der Waals surface area (Å²) in [6.07, 6.45) is -4.70. The Morgan fingerprint density at radius 3 is 2.12 bits per heavy atom. The Kier molecular flexibility index (Phi) is 4.84. The number of hydrogen-bond acceptors (Lipinski definition) is 3. The van der Waals surface area contributed by atoms with E-state index in [-0.39, 0.29) is 17.7 Å². The summed E-state index contributed by atoms with van der Waals surface area (Å²) in [5, 5.41) is 0. The molecule has 0 fully saturated rings. The number of ether oxygens (including phenoxy) is 1. The number of esters is 1. The van der Waals surface area contributed by atoms with E-state index in [1.54, 1.807) is 54.6 Å². The molecular weight excluding hydrogens is 345 g/mol. The topological polar surface area (TPSA) is 39.4 Å². The maximum absolute atomic E-state index is 13.5. The van der Waals surface area contributed by atoms with Crippen molar-refractivity contribution in [1.82, 2.24) is 0 Å². The van der Waals surface area contributed by atoms with Crippen LogP contribution < -0.4 is 0 Å². The van der Waals surface area contributed by atoms with Gasteiger partial charge in [-0.25, -0.2) is 4.79 Å². The summed E-state index contributed by atoms with van der Waals surface area (Å²) in [6.45, 7) is 0. The van der Waals surface area contributed by atoms with Gasteiger partial charge >= 0.3 is 12.1 Å². The average Bonchev–Trinajstić information content (AvgIpc) is 3.02. The average molecular weight is 360 g/mol. The molecule has 0 saturated heterocycles. The first-order valence-electron chi connectivity index (χ1n) is 7.82. The lowest BCUT2D eigenvalue weighted by Gasteiger charge is -2.07. The molecule has 0 spiro atoms. The van der Waals surface area contributed by atoms with Crippen LogP contribution in [-0.2, 0) is 17.3 Å². The molecule has 0 bridgehead atoms. The van der Waals surface area contributed by atoms with Crippen LogP contribution in [0.4, 0.5) is 13.2 Å². The number of methoxy groups -OCH3 is 1. The van der Waals surface area contributed by atoms with Crippen molar-refractivity contribution < 1.29 is 27.1 Å². The van der Waals surface area contributed by atoms with Gasteiger partial charge in [-0.1, -0.05) is 60.7 Å². The molecule has 26 heavy (non-hydrogen) atoms. The van der Waals surface area contributed by atoms with Gasteiger partial charge in [0.25, 0.3) is 0 Å². The molecule has 3 aromatic rings. The molecule has 1 heterocycles. The molecule has 0 amide bonds. The maximum Gasteiger partial charge on any atom is 0.450 e. The molecule has 3 nitrogen and oxygen atoms in total. The fraction of sp³-hybridized carbons (Fsp3) is 0.150. The predicted molar refractivity (Wildman–Crippen MR) is 89.7 cm³/mol. The van der Waals surface area contributed by atoms with Crippen LogP contribution in [-0.4, -0.2) is 13.1 Å². The number of halogens is 3. The second kappa shape index (κ2) is 7.07. The lowest BCUT2D eigenvalue weighted by Crippen LogP contribution is -2.12. The van der Waals surface area contributed by atoms with Gasteiger partial charge in [0.15, 0.2) is 0 Å². The SMILES string of the molecule is COC(=O)c1c(C(F)(F)F)oc(Cc2ccccc2)c1-c1ccccc1. The molecule has 0 atom stereocenters. The minimum atomic E-state index is -4.82. The van der Waals surface area contributed by atoms with Gasteiger partial charge in [0, 0.05) is 12.0 Å². The Hall–Kier alpha value is -3.02. The number of hydrogen-bond donors (Lipinski definition) is 0. The summed E-state index contributed by atoms with van der Waals surface area (Å²) in [5.74, 6) is -2.36. The standard InChI is InChI=1S/C20H15F3O3/c1-25-19(24)17-16(14-10-6-3-7-11-14)15(26-18(17)20(21,22)23)12-13-8-4-2-5-9-13/h2-11H,12H2,1H3. The number of alkyl halides is 3. The lowest BCUT2D eigenvalue weighted by atomic mass is 9.97. The fourth-order valence-electron chi connectivity index (χ4n) is 2.79. The smallest absolute Gasteiger partial charge is 0.450 e. The van der Waals surface area contributed by atoms with Gasteiger partial charge in [-0.05, 0) is 11.1 Å². The van der Waals surface area contributed by atoms with Crippen LogP contribution in [0, 0.1) is 0 Å². The summed E-state index contributed by atoms with van der Waals surface area (Å²) in [5.41, 5.74) is 0.729. The van der Waals surface area contributed by atoms with Crippen LogP contribution in [0.2, 0.25) is 0 Å². The summed E-state index contributed by atoms with van der Waals surface area (Å²) in [7, 11) is 1.04. The van der Waals surface area contributed by atoms with Crippen molar-refractivity contribution in [2.45, 2.75) is 12.6 Å². The van der Waals surface area contributed by atoms with Crippen molar-refractivity contribution in [1.29, 1.82) is 0 Å². The Morgan fingerprint density at radius 1 is 1.00 bits per heavy atom. The van der Waals surface area contributed by atoms with Crippen LogP contribution >= 0.6 is 0 Å². The number of furan rings is 1. The molecule has 2 aromatic carbocycles. The van der Waals surface area contributed by atoms with Gasteiger partial charge in [0.1, 0.15) is 11.3 Å². The quantitative estimate of drug-likeness (QED) is 0.590. The molecule has 6 heteroatoms. The largest absolute Gasteiger partial charge is 0.465 e. The van der Waals surface area contributed by atoms with Crippen molar-refractivity contribution in [2.75, 3.05) is 7.11 Å². The van der Waals surface area contributed by atoms with Gasteiger partial charge in [-0.15, -0.1) is 0 Å². The van der Waals surface area contributed by atoms with E-state index in [0.717, 1.165) is 12.7 Å². The van der Waals surface area contributed by atoms with Gasteiger partial charge in [0.2, 0.25) is 5.76 Å². The van der Waals surface area contributed by atoms with Crippen molar-refractivity contribution in [3.63, 3.8) is 0 Å². The highest BCUT2D eigenvalue weighted by atomic mass is 19.4. The highest BCUT2D eigenvalue weighted by Crippen LogP contribution is 2.42. The van der Waals surface area contributed by atoms with E-state index >= 15 is 0 Å². The number of benzene rings is 2. The van der Waals surface area contributed by atoms with Gasteiger partial charge in [-0.2, -0.15) is 13.2 Å². The normalized spacial score (nSPS) is 11.4. The Bertz CT molecular complexity index is 897. The summed E-state index contributed by atoms with van der Waals surface area (Å²) < 4.78 is 50.2. The van der Waals surface area contributed by atoms with E-state index in [2.05, 4.69) is 4.74 Å². The van der Waals surface area contributed by atoms with Crippen molar-refractivity contribution in [3.05, 3.63) is 83.3 Å². The third kappa shape index (κ3) is 3.49. The monoisotopic (exact) mass is 360 g/mol. The van der Waals surface area contributed by atoms with Crippen molar-refractivity contribution >= 4 is 5.97 Å². The predicted octanol–water partition coefficient (Wildman–Crippen LogP) is 5.34. The van der Waals surface area contributed by atoms with Crippen LogP contribution in [0.3, 0.4) is 0 Å². The second-order valence-electron chi connectivity index (χ2n) is 5.62. The Morgan fingerprint density at radius 2 is 1.58 bits per heavy atom. The molecule has 0 radical (unpaired) electrons. The van der Waals surface area contributed by atoms with E-state index < -0.39 is 23.5 Å². The van der Waals surface area contributed by atoms with Crippen LogP contribution in [0.15, 0.2) is 65.1 Å².